The van der Waals surface area contributed by atoms with E-state index in [1.54, 1.807) is 12.1 Å². The van der Waals surface area contributed by atoms with E-state index in [-0.39, 0.29) is 21.8 Å². The molecule has 5 nitrogen and oxygen atoms in total. The second kappa shape index (κ2) is 8.16. The Balaban J connectivity index is 1.85. The maximum absolute atomic E-state index is 14.4. The first-order valence-corrected chi connectivity index (χ1v) is 9.72. The Morgan fingerprint density at radius 2 is 1.77 bits per heavy atom. The van der Waals surface area contributed by atoms with E-state index < -0.39 is 17.7 Å². The van der Waals surface area contributed by atoms with E-state index in [9.17, 15) is 14.0 Å². The zero-order chi connectivity index (χ0) is 22.1. The van der Waals surface area contributed by atoms with Gasteiger partial charge in [0.2, 0.25) is 0 Å². The van der Waals surface area contributed by atoms with Gasteiger partial charge < -0.3 is 10.4 Å². The van der Waals surface area contributed by atoms with Crippen molar-refractivity contribution in [1.82, 2.24) is 4.98 Å². The number of aromatic nitrogens is 1. The number of hydrogen-bond acceptors (Lipinski definition) is 3. The van der Waals surface area contributed by atoms with Gasteiger partial charge in [0, 0.05) is 10.9 Å². The van der Waals surface area contributed by atoms with Gasteiger partial charge in [-0.25, -0.2) is 14.2 Å². The maximum Gasteiger partial charge on any atom is 0.335 e. The molecule has 3 aromatic carbocycles. The van der Waals surface area contributed by atoms with Crippen LogP contribution in [0, 0.1) is 12.7 Å². The number of pyridine rings is 1. The lowest BCUT2D eigenvalue weighted by molar-refractivity contribution is 0.0696. The number of rotatable bonds is 4. The minimum absolute atomic E-state index is 0.143. The molecule has 0 saturated heterocycles. The molecule has 4 aromatic rings. The van der Waals surface area contributed by atoms with Gasteiger partial charge in [-0.05, 0) is 37.3 Å². The summed E-state index contributed by atoms with van der Waals surface area (Å²) in [7, 11) is 0. The first-order valence-electron chi connectivity index (χ1n) is 9.34. The topological polar surface area (TPSA) is 79.3 Å². The van der Waals surface area contributed by atoms with Crippen LogP contribution in [0.1, 0.15) is 26.3 Å². The molecule has 4 rings (SSSR count). The third-order valence-corrected chi connectivity index (χ3v) is 5.19. The van der Waals surface area contributed by atoms with Crippen LogP contribution in [0.4, 0.5) is 10.1 Å². The summed E-state index contributed by atoms with van der Waals surface area (Å²) in [5.41, 5.74) is 2.45. The number of carboxylic acids is 1. The van der Waals surface area contributed by atoms with Gasteiger partial charge in [-0.1, -0.05) is 53.6 Å². The molecule has 0 atom stereocenters. The quantitative estimate of drug-likeness (QED) is 0.415. The lowest BCUT2D eigenvalue weighted by Crippen LogP contribution is -2.15. The average molecular weight is 435 g/mol. The summed E-state index contributed by atoms with van der Waals surface area (Å²) in [6.07, 6.45) is 0. The predicted molar refractivity (Wildman–Crippen MR) is 118 cm³/mol. The van der Waals surface area contributed by atoms with Crippen molar-refractivity contribution in [2.45, 2.75) is 6.92 Å². The standard InChI is InChI=1S/C24H16ClFN2O3/c1-13-7-9-18-16(11-13)20(21(25)22(27-18)14-5-3-2-4-6-14)23(29)28-19-10-8-15(24(30)31)12-17(19)26/h2-12H,1H3,(H,28,29)(H,30,31). The minimum Gasteiger partial charge on any atom is -0.478 e. The molecule has 0 saturated carbocycles. The van der Waals surface area contributed by atoms with Gasteiger partial charge in [0.15, 0.2) is 0 Å². The number of nitrogens with one attached hydrogen (secondary N) is 1. The van der Waals surface area contributed by atoms with E-state index in [4.69, 9.17) is 16.7 Å². The highest BCUT2D eigenvalue weighted by Gasteiger charge is 2.22. The predicted octanol–water partition coefficient (Wildman–Crippen LogP) is 5.95. The summed E-state index contributed by atoms with van der Waals surface area (Å²) in [5, 5.41) is 12.2. The molecule has 0 spiro atoms. The highest BCUT2D eigenvalue weighted by Crippen LogP contribution is 2.35. The van der Waals surface area contributed by atoms with Gasteiger partial charge in [-0.3, -0.25) is 4.79 Å². The van der Waals surface area contributed by atoms with Crippen LogP contribution in [0.5, 0.6) is 0 Å². The molecule has 1 heterocycles. The first kappa shape index (κ1) is 20.5. The van der Waals surface area contributed by atoms with E-state index in [2.05, 4.69) is 10.3 Å². The van der Waals surface area contributed by atoms with Gasteiger partial charge in [-0.15, -0.1) is 0 Å². The molecule has 1 amide bonds. The van der Waals surface area contributed by atoms with Crippen LogP contribution in [-0.2, 0) is 0 Å². The minimum atomic E-state index is -1.26. The summed E-state index contributed by atoms with van der Waals surface area (Å²) in [5.74, 6) is -2.74. The molecule has 1 aromatic heterocycles. The Morgan fingerprint density at radius 1 is 1.03 bits per heavy atom. The number of carboxylic acid groups (broad SMARTS) is 1. The molecule has 2 N–H and O–H groups in total. The van der Waals surface area contributed by atoms with Crippen molar-refractivity contribution in [1.29, 1.82) is 0 Å². The Labute approximate surface area is 182 Å². The molecule has 0 unspecified atom stereocenters. The fourth-order valence-corrected chi connectivity index (χ4v) is 3.64. The van der Waals surface area contributed by atoms with Gasteiger partial charge in [0.25, 0.3) is 5.91 Å². The van der Waals surface area contributed by atoms with Crippen LogP contribution in [0.15, 0.2) is 66.7 Å². The van der Waals surface area contributed by atoms with Crippen LogP contribution in [-0.4, -0.2) is 22.0 Å². The molecule has 0 aliphatic carbocycles. The number of hydrogen-bond donors (Lipinski definition) is 2. The number of anilines is 1. The Morgan fingerprint density at radius 3 is 2.45 bits per heavy atom. The zero-order valence-corrected chi connectivity index (χ0v) is 17.1. The number of aryl methyl sites for hydroxylation is 1. The number of carbonyl (C=O) groups is 2. The van der Waals surface area contributed by atoms with Crippen molar-refractivity contribution >= 4 is 40.1 Å². The SMILES string of the molecule is Cc1ccc2nc(-c3ccccc3)c(Cl)c(C(=O)Nc3ccc(C(=O)O)cc3F)c2c1. The smallest absolute Gasteiger partial charge is 0.335 e. The average Bonchev–Trinajstić information content (AvgIpc) is 2.75. The van der Waals surface area contributed by atoms with E-state index in [1.165, 1.54) is 12.1 Å². The van der Waals surface area contributed by atoms with Crippen molar-refractivity contribution in [2.24, 2.45) is 0 Å². The van der Waals surface area contributed by atoms with E-state index in [1.807, 2.05) is 43.3 Å². The summed E-state index contributed by atoms with van der Waals surface area (Å²) in [6, 6.07) is 17.9. The fourth-order valence-electron chi connectivity index (χ4n) is 3.30. The van der Waals surface area contributed by atoms with Crippen molar-refractivity contribution < 1.29 is 19.1 Å². The molecule has 0 aliphatic rings. The number of aromatic carboxylic acids is 1. The molecule has 0 bridgehead atoms. The zero-order valence-electron chi connectivity index (χ0n) is 16.3. The second-order valence-corrected chi connectivity index (χ2v) is 7.37. The molecular weight excluding hydrogens is 419 g/mol. The molecule has 7 heteroatoms. The number of halogens is 2. The highest BCUT2D eigenvalue weighted by molar-refractivity contribution is 6.38. The molecule has 154 valence electrons. The van der Waals surface area contributed by atoms with Crippen LogP contribution in [0.25, 0.3) is 22.2 Å². The summed E-state index contributed by atoms with van der Waals surface area (Å²) < 4.78 is 14.4. The Hall–Kier alpha value is -3.77. The van der Waals surface area contributed by atoms with Crippen molar-refractivity contribution in [3.63, 3.8) is 0 Å². The number of carbonyl (C=O) groups excluding carboxylic acids is 1. The number of fused-ring (bicyclic) bond motifs is 1. The molecule has 0 fully saturated rings. The van der Waals surface area contributed by atoms with Gasteiger partial charge in [0.1, 0.15) is 5.82 Å². The summed E-state index contributed by atoms with van der Waals surface area (Å²) in [4.78, 5) is 28.9. The van der Waals surface area contributed by atoms with Crippen LogP contribution in [0.3, 0.4) is 0 Å². The molecule has 0 radical (unpaired) electrons. The van der Waals surface area contributed by atoms with E-state index in [0.717, 1.165) is 17.2 Å². The number of amides is 1. The van der Waals surface area contributed by atoms with Crippen LogP contribution >= 0.6 is 11.6 Å². The highest BCUT2D eigenvalue weighted by atomic mass is 35.5. The summed E-state index contributed by atoms with van der Waals surface area (Å²) in [6.45, 7) is 1.88. The summed E-state index contributed by atoms with van der Waals surface area (Å²) >= 11 is 6.65. The van der Waals surface area contributed by atoms with E-state index >= 15 is 0 Å². The number of benzene rings is 3. The monoisotopic (exact) mass is 434 g/mol. The van der Waals surface area contributed by atoms with Gasteiger partial charge in [-0.2, -0.15) is 0 Å². The Kier molecular flexibility index (Phi) is 5.40. The van der Waals surface area contributed by atoms with Gasteiger partial charge >= 0.3 is 5.97 Å². The van der Waals surface area contributed by atoms with E-state index in [0.29, 0.717) is 16.6 Å². The largest absolute Gasteiger partial charge is 0.478 e. The van der Waals surface area contributed by atoms with Crippen molar-refractivity contribution in [3.8, 4) is 11.3 Å². The lowest BCUT2D eigenvalue weighted by atomic mass is 10.0. The third kappa shape index (κ3) is 3.98. The normalized spacial score (nSPS) is 10.8. The fraction of sp³-hybridized carbons (Fsp3) is 0.0417. The first-order chi connectivity index (χ1) is 14.8. The van der Waals surface area contributed by atoms with Crippen molar-refractivity contribution in [2.75, 3.05) is 5.32 Å². The number of nitrogens with zero attached hydrogens (tertiary/aromatic N) is 1. The van der Waals surface area contributed by atoms with Crippen LogP contribution in [0.2, 0.25) is 5.02 Å². The van der Waals surface area contributed by atoms with Gasteiger partial charge in [0.05, 0.1) is 33.0 Å². The molecular formula is C24H16ClFN2O3. The van der Waals surface area contributed by atoms with Crippen LogP contribution < -0.4 is 5.32 Å². The molecule has 31 heavy (non-hydrogen) atoms. The maximum atomic E-state index is 14.4. The Bertz CT molecular complexity index is 1340. The molecule has 0 aliphatic heterocycles. The second-order valence-electron chi connectivity index (χ2n) is 6.99. The van der Waals surface area contributed by atoms with Crippen molar-refractivity contribution in [3.05, 3.63) is 94.3 Å². The lowest BCUT2D eigenvalue weighted by Gasteiger charge is -2.14. The third-order valence-electron chi connectivity index (χ3n) is 4.82.